The minimum atomic E-state index is -0.173. The van der Waals surface area contributed by atoms with Crippen LogP contribution < -0.4 is 0 Å². The van der Waals surface area contributed by atoms with Crippen LogP contribution in [-0.2, 0) is 11.3 Å². The van der Waals surface area contributed by atoms with E-state index in [4.69, 9.17) is 32.4 Å². The predicted molar refractivity (Wildman–Crippen MR) is 81.8 cm³/mol. The van der Waals surface area contributed by atoms with Crippen molar-refractivity contribution in [2.45, 2.75) is 6.54 Å². The Labute approximate surface area is 133 Å². The lowest BCUT2D eigenvalue weighted by atomic mass is 10.2. The molecule has 21 heavy (non-hydrogen) atoms. The average Bonchev–Trinajstić information content (AvgIpc) is 2.94. The maximum absolute atomic E-state index is 12.6. The van der Waals surface area contributed by atoms with Gasteiger partial charge >= 0.3 is 0 Å². The fourth-order valence-corrected chi connectivity index (χ4v) is 2.43. The highest BCUT2D eigenvalue weighted by atomic mass is 35.5. The number of ether oxygens (including phenoxy) is 1. The Morgan fingerprint density at radius 1 is 1.29 bits per heavy atom. The van der Waals surface area contributed by atoms with Crippen LogP contribution in [-0.4, -0.2) is 31.1 Å². The SMILES string of the molecule is COCCN(Cc1ccco1)C(=O)c1cc(Cl)cc(Cl)c1. The Kier molecular flexibility index (Phi) is 5.67. The molecule has 0 N–H and O–H groups in total. The molecule has 0 aliphatic heterocycles. The Morgan fingerprint density at radius 2 is 2.00 bits per heavy atom. The Bertz CT molecular complexity index is 579. The third kappa shape index (κ3) is 4.49. The first-order valence-corrected chi connectivity index (χ1v) is 7.12. The van der Waals surface area contributed by atoms with E-state index in [9.17, 15) is 4.79 Å². The molecule has 0 radical (unpaired) electrons. The fraction of sp³-hybridized carbons (Fsp3) is 0.267. The Morgan fingerprint density at radius 3 is 2.57 bits per heavy atom. The number of hydrogen-bond donors (Lipinski definition) is 0. The zero-order valence-electron chi connectivity index (χ0n) is 11.5. The van der Waals surface area contributed by atoms with Gasteiger partial charge < -0.3 is 14.1 Å². The van der Waals surface area contributed by atoms with Crippen LogP contribution in [0.25, 0.3) is 0 Å². The summed E-state index contributed by atoms with van der Waals surface area (Å²) in [5.74, 6) is 0.528. The number of carbonyl (C=O) groups is 1. The second-order valence-electron chi connectivity index (χ2n) is 4.46. The van der Waals surface area contributed by atoms with Crippen LogP contribution in [0.5, 0.6) is 0 Å². The molecule has 1 aromatic carbocycles. The quantitative estimate of drug-likeness (QED) is 0.808. The van der Waals surface area contributed by atoms with Crippen LogP contribution in [0.3, 0.4) is 0 Å². The molecule has 2 aromatic rings. The van der Waals surface area contributed by atoms with Crippen LogP contribution in [0.1, 0.15) is 16.1 Å². The third-order valence-corrected chi connectivity index (χ3v) is 3.33. The van der Waals surface area contributed by atoms with Crippen molar-refractivity contribution in [1.82, 2.24) is 4.90 Å². The molecule has 1 amide bonds. The van der Waals surface area contributed by atoms with Gasteiger partial charge in [-0.15, -0.1) is 0 Å². The minimum absolute atomic E-state index is 0.173. The van der Waals surface area contributed by atoms with E-state index in [2.05, 4.69) is 0 Å². The van der Waals surface area contributed by atoms with Gasteiger partial charge in [-0.05, 0) is 30.3 Å². The highest BCUT2D eigenvalue weighted by Crippen LogP contribution is 2.21. The summed E-state index contributed by atoms with van der Waals surface area (Å²) in [5, 5.41) is 0.853. The molecule has 0 spiro atoms. The van der Waals surface area contributed by atoms with Crippen LogP contribution in [0.2, 0.25) is 10.0 Å². The first-order chi connectivity index (χ1) is 10.1. The molecule has 2 rings (SSSR count). The number of halogens is 2. The lowest BCUT2D eigenvalue weighted by Crippen LogP contribution is -2.33. The molecule has 0 atom stereocenters. The summed E-state index contributed by atoms with van der Waals surface area (Å²) in [6, 6.07) is 8.38. The van der Waals surface area contributed by atoms with Gasteiger partial charge in [-0.1, -0.05) is 23.2 Å². The van der Waals surface area contributed by atoms with E-state index in [1.165, 1.54) is 0 Å². The maximum atomic E-state index is 12.6. The minimum Gasteiger partial charge on any atom is -0.467 e. The molecule has 112 valence electrons. The predicted octanol–water partition coefficient (Wildman–Crippen LogP) is 3.88. The lowest BCUT2D eigenvalue weighted by Gasteiger charge is -2.21. The summed E-state index contributed by atoms with van der Waals surface area (Å²) in [6.45, 7) is 1.24. The summed E-state index contributed by atoms with van der Waals surface area (Å²) in [6.07, 6.45) is 1.57. The number of carbonyl (C=O) groups excluding carboxylic acids is 1. The standard InChI is InChI=1S/C15H15Cl2NO3/c1-20-6-4-18(10-14-3-2-5-21-14)15(19)11-7-12(16)9-13(17)8-11/h2-3,5,7-9H,4,6,10H2,1H3. The molecule has 0 saturated carbocycles. The van der Waals surface area contributed by atoms with Crippen LogP contribution in [0.15, 0.2) is 41.0 Å². The zero-order chi connectivity index (χ0) is 15.2. The molecule has 0 unspecified atom stereocenters. The largest absolute Gasteiger partial charge is 0.467 e. The number of furan rings is 1. The highest BCUT2D eigenvalue weighted by molar-refractivity contribution is 6.35. The van der Waals surface area contributed by atoms with Crippen molar-refractivity contribution >= 4 is 29.1 Å². The van der Waals surface area contributed by atoms with E-state index < -0.39 is 0 Å². The van der Waals surface area contributed by atoms with Crippen molar-refractivity contribution in [3.05, 3.63) is 58.0 Å². The molecule has 6 heteroatoms. The molecule has 0 aliphatic rings. The van der Waals surface area contributed by atoms with Gasteiger partial charge in [0.1, 0.15) is 5.76 Å². The van der Waals surface area contributed by atoms with E-state index in [-0.39, 0.29) is 5.91 Å². The molecule has 0 aliphatic carbocycles. The van der Waals surface area contributed by atoms with E-state index in [1.807, 2.05) is 6.07 Å². The number of nitrogens with zero attached hydrogens (tertiary/aromatic N) is 1. The molecule has 4 nitrogen and oxygen atoms in total. The molecule has 0 saturated heterocycles. The third-order valence-electron chi connectivity index (χ3n) is 2.89. The van der Waals surface area contributed by atoms with Crippen LogP contribution in [0.4, 0.5) is 0 Å². The van der Waals surface area contributed by atoms with Crippen molar-refractivity contribution in [2.24, 2.45) is 0 Å². The van der Waals surface area contributed by atoms with E-state index in [1.54, 1.807) is 42.5 Å². The summed E-state index contributed by atoms with van der Waals surface area (Å²) in [5.41, 5.74) is 0.440. The summed E-state index contributed by atoms with van der Waals surface area (Å²) >= 11 is 11.9. The van der Waals surface area contributed by atoms with Crippen molar-refractivity contribution in [3.8, 4) is 0 Å². The molecule has 0 bridgehead atoms. The normalized spacial score (nSPS) is 10.6. The van der Waals surface area contributed by atoms with Crippen molar-refractivity contribution in [1.29, 1.82) is 0 Å². The van der Waals surface area contributed by atoms with Crippen molar-refractivity contribution < 1.29 is 13.9 Å². The summed E-state index contributed by atoms with van der Waals surface area (Å²) in [4.78, 5) is 14.2. The number of methoxy groups -OCH3 is 1. The fourth-order valence-electron chi connectivity index (χ4n) is 1.90. The molecule has 1 aromatic heterocycles. The van der Waals surface area contributed by atoms with Crippen LogP contribution >= 0.6 is 23.2 Å². The first-order valence-electron chi connectivity index (χ1n) is 6.37. The van der Waals surface area contributed by atoms with E-state index in [0.29, 0.717) is 41.1 Å². The molecule has 0 fully saturated rings. The molecular weight excluding hydrogens is 313 g/mol. The first kappa shape index (κ1) is 15.9. The average molecular weight is 328 g/mol. The van der Waals surface area contributed by atoms with Crippen molar-refractivity contribution in [3.63, 3.8) is 0 Å². The monoisotopic (exact) mass is 327 g/mol. The smallest absolute Gasteiger partial charge is 0.254 e. The summed E-state index contributed by atoms with van der Waals surface area (Å²) in [7, 11) is 1.59. The number of rotatable bonds is 6. The van der Waals surface area contributed by atoms with Gasteiger partial charge in [0.05, 0.1) is 19.4 Å². The van der Waals surface area contributed by atoms with Crippen molar-refractivity contribution in [2.75, 3.05) is 20.3 Å². The highest BCUT2D eigenvalue weighted by Gasteiger charge is 2.18. The topological polar surface area (TPSA) is 42.7 Å². The van der Waals surface area contributed by atoms with Gasteiger partial charge in [0.15, 0.2) is 0 Å². The van der Waals surface area contributed by atoms with Gasteiger partial charge in [0.2, 0.25) is 0 Å². The van der Waals surface area contributed by atoms with Gasteiger partial charge in [-0.25, -0.2) is 0 Å². The van der Waals surface area contributed by atoms with Gasteiger partial charge in [-0.3, -0.25) is 4.79 Å². The summed E-state index contributed by atoms with van der Waals surface area (Å²) < 4.78 is 10.3. The molecular formula is C15H15Cl2NO3. The number of hydrogen-bond acceptors (Lipinski definition) is 3. The van der Waals surface area contributed by atoms with E-state index >= 15 is 0 Å². The molecule has 1 heterocycles. The second-order valence-corrected chi connectivity index (χ2v) is 5.33. The number of amides is 1. The number of benzene rings is 1. The van der Waals surface area contributed by atoms with Gasteiger partial charge in [-0.2, -0.15) is 0 Å². The van der Waals surface area contributed by atoms with E-state index in [0.717, 1.165) is 0 Å². The maximum Gasteiger partial charge on any atom is 0.254 e. The van der Waals surface area contributed by atoms with Crippen LogP contribution in [0, 0.1) is 0 Å². The second kappa shape index (κ2) is 7.50. The zero-order valence-corrected chi connectivity index (χ0v) is 13.0. The van der Waals surface area contributed by atoms with Gasteiger partial charge in [0.25, 0.3) is 5.91 Å². The lowest BCUT2D eigenvalue weighted by molar-refractivity contribution is 0.0666. The van der Waals surface area contributed by atoms with Gasteiger partial charge in [0, 0.05) is 29.3 Å². The Hall–Kier alpha value is -1.49. The Balaban J connectivity index is 2.20.